The SMILES string of the molecule is C=CC(=O)Nc1cc(-c2cccc3cnc(Nc4ccc(N5CCN(C)CC5)cc4F)nc23)ccn1. The van der Waals surface area contributed by atoms with E-state index in [1.807, 2.05) is 30.3 Å². The number of aromatic nitrogens is 3. The predicted octanol–water partition coefficient (Wildman–Crippen LogP) is 4.45. The number of piperazine rings is 1. The number of rotatable bonds is 6. The summed E-state index contributed by atoms with van der Waals surface area (Å²) in [5.41, 5.74) is 3.52. The minimum absolute atomic E-state index is 0.287. The Morgan fingerprint density at radius 1 is 1.08 bits per heavy atom. The highest BCUT2D eigenvalue weighted by Gasteiger charge is 2.16. The first-order valence-electron chi connectivity index (χ1n) is 11.7. The van der Waals surface area contributed by atoms with Gasteiger partial charge < -0.3 is 20.4 Å². The number of para-hydroxylation sites is 1. The number of amides is 1. The number of nitrogens with zero attached hydrogens (tertiary/aromatic N) is 5. The lowest BCUT2D eigenvalue weighted by molar-refractivity contribution is -0.111. The Balaban J connectivity index is 1.42. The molecular formula is C27H26FN7O. The Bertz CT molecular complexity index is 1430. The van der Waals surface area contributed by atoms with Gasteiger partial charge in [-0.05, 0) is 49.0 Å². The molecule has 0 atom stereocenters. The minimum Gasteiger partial charge on any atom is -0.369 e. The average molecular weight is 484 g/mol. The summed E-state index contributed by atoms with van der Waals surface area (Å²) in [6, 6.07) is 14.5. The van der Waals surface area contributed by atoms with Crippen LogP contribution in [0.25, 0.3) is 22.0 Å². The zero-order valence-corrected chi connectivity index (χ0v) is 19.9. The standard InChI is InChI=1S/C27H26FN7O/c1-3-25(36)32-24-15-18(9-10-29-24)21-6-4-5-19-17-30-27(33-26(19)21)31-23-8-7-20(16-22(23)28)35-13-11-34(2)12-14-35/h3-10,15-17H,1,11-14H2,2H3,(H,29,32,36)(H,30,31,33). The zero-order chi connectivity index (χ0) is 25.1. The summed E-state index contributed by atoms with van der Waals surface area (Å²) in [4.78, 5) is 29.4. The molecule has 0 unspecified atom stereocenters. The molecule has 36 heavy (non-hydrogen) atoms. The lowest BCUT2D eigenvalue weighted by Crippen LogP contribution is -2.44. The molecule has 4 aromatic rings. The topological polar surface area (TPSA) is 86.3 Å². The van der Waals surface area contributed by atoms with Crippen LogP contribution in [0.15, 0.2) is 73.6 Å². The van der Waals surface area contributed by atoms with Gasteiger partial charge in [0.25, 0.3) is 0 Å². The normalized spacial score (nSPS) is 14.0. The van der Waals surface area contributed by atoms with Gasteiger partial charge in [0.05, 0.1) is 11.2 Å². The molecule has 8 nitrogen and oxygen atoms in total. The monoisotopic (exact) mass is 483 g/mol. The van der Waals surface area contributed by atoms with Gasteiger partial charge in [-0.25, -0.2) is 19.3 Å². The van der Waals surface area contributed by atoms with Crippen LogP contribution in [-0.4, -0.2) is 59.0 Å². The molecule has 1 amide bonds. The predicted molar refractivity (Wildman–Crippen MR) is 141 cm³/mol. The van der Waals surface area contributed by atoms with Gasteiger partial charge in [0.15, 0.2) is 0 Å². The second-order valence-corrected chi connectivity index (χ2v) is 8.64. The fraction of sp³-hybridized carbons (Fsp3) is 0.185. The van der Waals surface area contributed by atoms with Gasteiger partial charge in [-0.3, -0.25) is 4.79 Å². The number of carbonyl (C=O) groups is 1. The van der Waals surface area contributed by atoms with Crippen LogP contribution in [0.2, 0.25) is 0 Å². The molecule has 9 heteroatoms. The highest BCUT2D eigenvalue weighted by atomic mass is 19.1. The number of halogens is 1. The van der Waals surface area contributed by atoms with Crippen LogP contribution < -0.4 is 15.5 Å². The largest absolute Gasteiger partial charge is 0.369 e. The first-order valence-corrected chi connectivity index (χ1v) is 11.7. The van der Waals surface area contributed by atoms with Crippen LogP contribution in [0, 0.1) is 5.82 Å². The summed E-state index contributed by atoms with van der Waals surface area (Å²) in [5, 5.41) is 6.52. The van der Waals surface area contributed by atoms with E-state index < -0.39 is 0 Å². The average Bonchev–Trinajstić information content (AvgIpc) is 2.90. The van der Waals surface area contributed by atoms with Gasteiger partial charge in [0, 0.05) is 55.2 Å². The van der Waals surface area contributed by atoms with Crippen molar-refractivity contribution in [3.63, 3.8) is 0 Å². The molecule has 0 spiro atoms. The van der Waals surface area contributed by atoms with Crippen LogP contribution in [-0.2, 0) is 4.79 Å². The van der Waals surface area contributed by atoms with E-state index in [0.29, 0.717) is 17.0 Å². The molecule has 1 fully saturated rings. The van der Waals surface area contributed by atoms with Crippen LogP contribution >= 0.6 is 0 Å². The van der Waals surface area contributed by atoms with Crippen molar-refractivity contribution in [3.8, 4) is 11.1 Å². The highest BCUT2D eigenvalue weighted by Crippen LogP contribution is 2.30. The van der Waals surface area contributed by atoms with E-state index >= 15 is 0 Å². The highest BCUT2D eigenvalue weighted by molar-refractivity contribution is 5.99. The number of hydrogen-bond donors (Lipinski definition) is 2. The quantitative estimate of drug-likeness (QED) is 0.392. The van der Waals surface area contributed by atoms with Crippen LogP contribution in [0.3, 0.4) is 0 Å². The minimum atomic E-state index is -0.361. The number of hydrogen-bond acceptors (Lipinski definition) is 7. The number of carbonyl (C=O) groups excluding carboxylic acids is 1. The molecule has 1 aliphatic rings. The van der Waals surface area contributed by atoms with E-state index in [1.165, 1.54) is 6.08 Å². The fourth-order valence-corrected chi connectivity index (χ4v) is 4.18. The Hall–Kier alpha value is -4.37. The fourth-order valence-electron chi connectivity index (χ4n) is 4.18. The molecular weight excluding hydrogens is 457 g/mol. The maximum atomic E-state index is 15.0. The maximum Gasteiger partial charge on any atom is 0.248 e. The molecule has 3 heterocycles. The zero-order valence-electron chi connectivity index (χ0n) is 19.9. The first-order chi connectivity index (χ1) is 17.5. The first kappa shape index (κ1) is 23.4. The van der Waals surface area contributed by atoms with Crippen molar-refractivity contribution < 1.29 is 9.18 Å². The van der Waals surface area contributed by atoms with Gasteiger partial charge in [0.1, 0.15) is 11.6 Å². The van der Waals surface area contributed by atoms with Gasteiger partial charge in [0.2, 0.25) is 11.9 Å². The smallest absolute Gasteiger partial charge is 0.248 e. The van der Waals surface area contributed by atoms with Crippen molar-refractivity contribution >= 4 is 40.0 Å². The third-order valence-electron chi connectivity index (χ3n) is 6.19. The second-order valence-electron chi connectivity index (χ2n) is 8.64. The number of anilines is 4. The maximum absolute atomic E-state index is 15.0. The number of benzene rings is 2. The van der Waals surface area contributed by atoms with Crippen LogP contribution in [0.5, 0.6) is 0 Å². The van der Waals surface area contributed by atoms with Gasteiger partial charge in [-0.2, -0.15) is 0 Å². The number of nitrogens with one attached hydrogen (secondary N) is 2. The molecule has 0 bridgehead atoms. The molecule has 0 saturated carbocycles. The van der Waals surface area contributed by atoms with Gasteiger partial charge in [-0.1, -0.05) is 24.8 Å². The molecule has 2 N–H and O–H groups in total. The van der Waals surface area contributed by atoms with Crippen LogP contribution in [0.1, 0.15) is 0 Å². The van der Waals surface area contributed by atoms with E-state index in [9.17, 15) is 9.18 Å². The molecule has 1 aliphatic heterocycles. The molecule has 182 valence electrons. The van der Waals surface area contributed by atoms with E-state index in [1.54, 1.807) is 30.6 Å². The number of fused-ring (bicyclic) bond motifs is 1. The molecule has 5 rings (SSSR count). The Labute approximate surface area is 208 Å². The summed E-state index contributed by atoms with van der Waals surface area (Å²) in [6.45, 7) is 7.11. The summed E-state index contributed by atoms with van der Waals surface area (Å²) in [7, 11) is 2.09. The number of likely N-dealkylation sites (N-methyl/N-ethyl adjacent to an activating group) is 1. The Morgan fingerprint density at radius 3 is 2.69 bits per heavy atom. The van der Waals surface area contributed by atoms with E-state index in [-0.39, 0.29) is 17.7 Å². The van der Waals surface area contributed by atoms with E-state index in [0.717, 1.165) is 48.4 Å². The van der Waals surface area contributed by atoms with Crippen molar-refractivity contribution in [1.82, 2.24) is 19.9 Å². The summed E-state index contributed by atoms with van der Waals surface area (Å²) in [6.07, 6.45) is 4.50. The lowest BCUT2D eigenvalue weighted by Gasteiger charge is -2.34. The second kappa shape index (κ2) is 10.1. The summed E-state index contributed by atoms with van der Waals surface area (Å²) in [5.74, 6) is -0.00745. The molecule has 2 aromatic heterocycles. The van der Waals surface area contributed by atoms with E-state index in [4.69, 9.17) is 0 Å². The molecule has 2 aromatic carbocycles. The van der Waals surface area contributed by atoms with E-state index in [2.05, 4.69) is 49.0 Å². The number of pyridine rings is 1. The van der Waals surface area contributed by atoms with Gasteiger partial charge >= 0.3 is 0 Å². The van der Waals surface area contributed by atoms with Crippen LogP contribution in [0.4, 0.5) is 27.5 Å². The third-order valence-corrected chi connectivity index (χ3v) is 6.19. The summed E-state index contributed by atoms with van der Waals surface area (Å²) >= 11 is 0. The molecule has 0 aliphatic carbocycles. The molecule has 1 saturated heterocycles. The van der Waals surface area contributed by atoms with Crippen molar-refractivity contribution in [2.45, 2.75) is 0 Å². The van der Waals surface area contributed by atoms with Gasteiger partial charge in [-0.15, -0.1) is 0 Å². The van der Waals surface area contributed by atoms with Crippen molar-refractivity contribution in [3.05, 3.63) is 79.4 Å². The lowest BCUT2D eigenvalue weighted by atomic mass is 10.0. The Kier molecular flexibility index (Phi) is 6.55. The van der Waals surface area contributed by atoms with Crippen molar-refractivity contribution in [2.24, 2.45) is 0 Å². The van der Waals surface area contributed by atoms with Crippen molar-refractivity contribution in [2.75, 3.05) is 48.8 Å². The van der Waals surface area contributed by atoms with Crippen molar-refractivity contribution in [1.29, 1.82) is 0 Å². The molecule has 0 radical (unpaired) electrons. The Morgan fingerprint density at radius 2 is 1.92 bits per heavy atom. The third kappa shape index (κ3) is 5.01. The summed E-state index contributed by atoms with van der Waals surface area (Å²) < 4.78 is 15.0.